The Labute approximate surface area is 122 Å². The van der Waals surface area contributed by atoms with Crippen molar-refractivity contribution in [3.8, 4) is 5.75 Å². The molecule has 0 aliphatic rings. The lowest BCUT2D eigenvalue weighted by molar-refractivity contribution is -0.132. The molecule has 0 heterocycles. The third-order valence-electron chi connectivity index (χ3n) is 2.82. The van der Waals surface area contributed by atoms with Gasteiger partial charge in [0.05, 0.1) is 7.11 Å². The van der Waals surface area contributed by atoms with Crippen LogP contribution in [0.5, 0.6) is 5.75 Å². The van der Waals surface area contributed by atoms with E-state index in [0.29, 0.717) is 13.1 Å². The molecule has 0 aliphatic heterocycles. The Bertz CT molecular complexity index is 508. The van der Waals surface area contributed by atoms with Crippen molar-refractivity contribution < 1.29 is 23.5 Å². The van der Waals surface area contributed by atoms with E-state index in [-0.39, 0.29) is 23.8 Å². The van der Waals surface area contributed by atoms with E-state index in [1.807, 2.05) is 0 Å². The first-order valence-electron chi connectivity index (χ1n) is 6.38. The molecule has 0 spiro atoms. The van der Waals surface area contributed by atoms with E-state index in [0.717, 1.165) is 12.1 Å². The fourth-order valence-corrected chi connectivity index (χ4v) is 1.55. The van der Waals surface area contributed by atoms with Crippen molar-refractivity contribution in [2.75, 3.05) is 40.9 Å². The number of halogens is 1. The number of nitrogens with one attached hydrogen (secondary N) is 1. The number of ether oxygens (including phenoxy) is 2. The van der Waals surface area contributed by atoms with E-state index in [4.69, 9.17) is 4.74 Å². The van der Waals surface area contributed by atoms with Crippen molar-refractivity contribution in [3.05, 3.63) is 29.6 Å². The van der Waals surface area contributed by atoms with Gasteiger partial charge in [0, 0.05) is 20.1 Å². The predicted octanol–water partition coefficient (Wildman–Crippen LogP) is 0.669. The summed E-state index contributed by atoms with van der Waals surface area (Å²) in [6.45, 7) is 0.952. The lowest BCUT2D eigenvalue weighted by atomic mass is 10.2. The topological polar surface area (TPSA) is 67.9 Å². The highest BCUT2D eigenvalue weighted by Gasteiger charge is 2.16. The van der Waals surface area contributed by atoms with Crippen molar-refractivity contribution >= 4 is 11.9 Å². The number of benzene rings is 1. The van der Waals surface area contributed by atoms with Crippen LogP contribution in [0.15, 0.2) is 18.2 Å². The summed E-state index contributed by atoms with van der Waals surface area (Å²) in [6, 6.07) is 3.45. The first-order valence-corrected chi connectivity index (χ1v) is 6.38. The van der Waals surface area contributed by atoms with Crippen LogP contribution in [0.3, 0.4) is 0 Å². The van der Waals surface area contributed by atoms with Crippen LogP contribution < -0.4 is 10.1 Å². The number of carbonyl (C=O) groups is 2. The maximum atomic E-state index is 13.2. The first-order chi connectivity index (χ1) is 9.99. The maximum Gasteiger partial charge on any atom is 0.341 e. The normalized spacial score (nSPS) is 10.1. The number of likely N-dealkylation sites (N-methyl/N-ethyl adjacent to an activating group) is 2. The number of hydrogen-bond donors (Lipinski definition) is 1. The van der Waals surface area contributed by atoms with Crippen molar-refractivity contribution in [3.63, 3.8) is 0 Å². The van der Waals surface area contributed by atoms with Crippen molar-refractivity contribution in [2.24, 2.45) is 0 Å². The Hall–Kier alpha value is -2.15. The fraction of sp³-hybridized carbons (Fsp3) is 0.429. The Morgan fingerprint density at radius 2 is 2.10 bits per heavy atom. The SMILES string of the molecule is CNCCN(C)C(=O)COc1ccc(F)cc1C(=O)OC. The van der Waals surface area contributed by atoms with Gasteiger partial charge in [0.2, 0.25) is 0 Å². The Morgan fingerprint density at radius 1 is 1.38 bits per heavy atom. The summed E-state index contributed by atoms with van der Waals surface area (Å²) in [5.74, 6) is -1.44. The van der Waals surface area contributed by atoms with Crippen LogP contribution in [-0.4, -0.2) is 57.7 Å². The zero-order valence-corrected chi connectivity index (χ0v) is 12.3. The van der Waals surface area contributed by atoms with Crippen LogP contribution in [0, 0.1) is 5.82 Å². The zero-order valence-electron chi connectivity index (χ0n) is 12.3. The minimum absolute atomic E-state index is 0.0526. The largest absolute Gasteiger partial charge is 0.483 e. The number of esters is 1. The van der Waals surface area contributed by atoms with Gasteiger partial charge in [-0.25, -0.2) is 9.18 Å². The Morgan fingerprint density at radius 3 is 2.71 bits per heavy atom. The van der Waals surface area contributed by atoms with Gasteiger partial charge in [-0.3, -0.25) is 4.79 Å². The van der Waals surface area contributed by atoms with Gasteiger partial charge in [0.1, 0.15) is 17.1 Å². The quantitative estimate of drug-likeness (QED) is 0.749. The molecule has 7 heteroatoms. The summed E-state index contributed by atoms with van der Waals surface area (Å²) in [6.07, 6.45) is 0. The van der Waals surface area contributed by atoms with Gasteiger partial charge in [-0.1, -0.05) is 0 Å². The van der Waals surface area contributed by atoms with E-state index < -0.39 is 11.8 Å². The first kappa shape index (κ1) is 16.9. The van der Waals surface area contributed by atoms with Crippen LogP contribution in [0.25, 0.3) is 0 Å². The summed E-state index contributed by atoms with van der Waals surface area (Å²) in [5.41, 5.74) is -0.0526. The molecule has 0 bridgehead atoms. The van der Waals surface area contributed by atoms with Crippen LogP contribution in [0.1, 0.15) is 10.4 Å². The van der Waals surface area contributed by atoms with Gasteiger partial charge in [0.15, 0.2) is 6.61 Å². The molecule has 21 heavy (non-hydrogen) atoms. The van der Waals surface area contributed by atoms with Crippen molar-refractivity contribution in [2.45, 2.75) is 0 Å². The van der Waals surface area contributed by atoms with E-state index in [1.165, 1.54) is 18.1 Å². The molecule has 1 amide bonds. The summed E-state index contributed by atoms with van der Waals surface area (Å²) in [4.78, 5) is 24.9. The second-order valence-electron chi connectivity index (χ2n) is 4.34. The molecule has 0 unspecified atom stereocenters. The van der Waals surface area contributed by atoms with Gasteiger partial charge in [-0.05, 0) is 25.2 Å². The molecule has 1 aromatic carbocycles. The zero-order chi connectivity index (χ0) is 15.8. The number of nitrogens with zero attached hydrogens (tertiary/aromatic N) is 1. The van der Waals surface area contributed by atoms with Gasteiger partial charge in [-0.15, -0.1) is 0 Å². The molecule has 0 saturated carbocycles. The molecule has 0 saturated heterocycles. The number of rotatable bonds is 7. The van der Waals surface area contributed by atoms with E-state index in [1.54, 1.807) is 14.1 Å². The minimum Gasteiger partial charge on any atom is -0.483 e. The smallest absolute Gasteiger partial charge is 0.341 e. The molecule has 0 fully saturated rings. The summed E-state index contributed by atoms with van der Waals surface area (Å²) in [7, 11) is 4.62. The highest BCUT2D eigenvalue weighted by atomic mass is 19.1. The van der Waals surface area contributed by atoms with Gasteiger partial charge >= 0.3 is 5.97 Å². The lowest BCUT2D eigenvalue weighted by Crippen LogP contribution is -2.36. The van der Waals surface area contributed by atoms with Gasteiger partial charge in [0.25, 0.3) is 5.91 Å². The highest BCUT2D eigenvalue weighted by molar-refractivity contribution is 5.92. The van der Waals surface area contributed by atoms with E-state index in [9.17, 15) is 14.0 Å². The molecule has 1 N–H and O–H groups in total. The molecule has 0 radical (unpaired) electrons. The molecule has 0 atom stereocenters. The van der Waals surface area contributed by atoms with Crippen molar-refractivity contribution in [1.82, 2.24) is 10.2 Å². The third-order valence-corrected chi connectivity index (χ3v) is 2.82. The summed E-state index contributed by atoms with van der Waals surface area (Å²) >= 11 is 0. The van der Waals surface area contributed by atoms with E-state index >= 15 is 0 Å². The maximum absolute atomic E-state index is 13.2. The Balaban J connectivity index is 2.71. The van der Waals surface area contributed by atoms with Gasteiger partial charge in [-0.2, -0.15) is 0 Å². The molecule has 1 rings (SSSR count). The average Bonchev–Trinajstić information content (AvgIpc) is 2.49. The minimum atomic E-state index is -0.722. The fourth-order valence-electron chi connectivity index (χ4n) is 1.55. The molecule has 6 nitrogen and oxygen atoms in total. The summed E-state index contributed by atoms with van der Waals surface area (Å²) < 4.78 is 23.0. The monoisotopic (exact) mass is 298 g/mol. The van der Waals surface area contributed by atoms with Crippen LogP contribution in [0.4, 0.5) is 4.39 Å². The van der Waals surface area contributed by atoms with Crippen LogP contribution >= 0.6 is 0 Å². The summed E-state index contributed by atoms with van der Waals surface area (Å²) in [5, 5.41) is 2.93. The molecular formula is C14H19FN2O4. The van der Waals surface area contributed by atoms with E-state index in [2.05, 4.69) is 10.1 Å². The standard InChI is InChI=1S/C14H19FN2O4/c1-16-6-7-17(2)13(18)9-21-12-5-4-10(15)8-11(12)14(19)20-3/h4-5,8,16H,6-7,9H2,1-3H3. The second kappa shape index (κ2) is 8.21. The molecule has 0 aliphatic carbocycles. The number of hydrogen-bond acceptors (Lipinski definition) is 5. The highest BCUT2D eigenvalue weighted by Crippen LogP contribution is 2.20. The predicted molar refractivity (Wildman–Crippen MR) is 74.8 cm³/mol. The van der Waals surface area contributed by atoms with Gasteiger partial charge < -0.3 is 19.7 Å². The van der Waals surface area contributed by atoms with Crippen LogP contribution in [0.2, 0.25) is 0 Å². The molecular weight excluding hydrogens is 279 g/mol. The molecule has 0 aromatic heterocycles. The van der Waals surface area contributed by atoms with Crippen LogP contribution in [-0.2, 0) is 9.53 Å². The number of carbonyl (C=O) groups excluding carboxylic acids is 2. The molecule has 1 aromatic rings. The average molecular weight is 298 g/mol. The number of amides is 1. The lowest BCUT2D eigenvalue weighted by Gasteiger charge is -2.17. The second-order valence-corrected chi connectivity index (χ2v) is 4.34. The number of methoxy groups -OCH3 is 1. The van der Waals surface area contributed by atoms with Crippen molar-refractivity contribution in [1.29, 1.82) is 0 Å². The third kappa shape index (κ3) is 5.03. The Kier molecular flexibility index (Phi) is 6.61. The molecule has 116 valence electrons.